The van der Waals surface area contributed by atoms with Crippen LogP contribution in [0, 0.1) is 17.2 Å². The van der Waals surface area contributed by atoms with Crippen LogP contribution in [0.1, 0.15) is 81.5 Å². The van der Waals surface area contributed by atoms with Gasteiger partial charge in [-0.2, -0.15) is 5.26 Å². The van der Waals surface area contributed by atoms with E-state index >= 15 is 0 Å². The van der Waals surface area contributed by atoms with E-state index < -0.39 is 0 Å². The van der Waals surface area contributed by atoms with Gasteiger partial charge in [-0.3, -0.25) is 23.7 Å². The van der Waals surface area contributed by atoms with E-state index in [2.05, 4.69) is 5.32 Å². The first-order chi connectivity index (χ1) is 26.6. The topological polar surface area (TPSA) is 141 Å². The molecule has 12 heteroatoms. The summed E-state index contributed by atoms with van der Waals surface area (Å²) in [5, 5.41) is 13.7. The molecular weight excluding hydrogens is 716 g/mol. The van der Waals surface area contributed by atoms with Crippen molar-refractivity contribution in [2.24, 2.45) is 20.0 Å². The number of amides is 1. The number of nitrogens with one attached hydrogen (secondary N) is 1. The van der Waals surface area contributed by atoms with Gasteiger partial charge in [-0.1, -0.05) is 74.4 Å². The number of aryl methyl sites for hydroxylation is 2. The molecule has 2 aliphatic rings. The van der Waals surface area contributed by atoms with Crippen LogP contribution in [0.2, 0.25) is 5.02 Å². The number of nitrogens with zero attached hydrogens (tertiary/aromatic N) is 5. The number of pyridine rings is 2. The van der Waals surface area contributed by atoms with Crippen molar-refractivity contribution in [3.8, 4) is 17.5 Å². The summed E-state index contributed by atoms with van der Waals surface area (Å²) in [7, 11) is 5.17. The second-order valence-electron chi connectivity index (χ2n) is 14.4. The largest absolute Gasteiger partial charge is 0.495 e. The molecule has 3 aromatic heterocycles. The third-order valence-electron chi connectivity index (χ3n) is 11.1. The fourth-order valence-electron chi connectivity index (χ4n) is 8.17. The summed E-state index contributed by atoms with van der Waals surface area (Å²) in [6.45, 7) is 0. The number of rotatable bonds is 5. The highest BCUT2D eigenvalue weighted by atomic mass is 35.5. The molecule has 0 bridgehead atoms. The first kappa shape index (κ1) is 37.6. The molecular formula is C43H43ClN6O5. The van der Waals surface area contributed by atoms with E-state index in [0.29, 0.717) is 50.0 Å². The Hall–Kier alpha value is -5.73. The molecule has 8 rings (SSSR count). The maximum absolute atomic E-state index is 13.9. The Bertz CT molecular complexity index is 2680. The van der Waals surface area contributed by atoms with Crippen LogP contribution < -0.4 is 26.5 Å². The van der Waals surface area contributed by atoms with Crippen LogP contribution in [0.3, 0.4) is 0 Å². The second-order valence-corrected chi connectivity index (χ2v) is 14.8. The number of methoxy groups -OCH3 is 1. The van der Waals surface area contributed by atoms with Gasteiger partial charge in [-0.05, 0) is 68.1 Å². The lowest BCUT2D eigenvalue weighted by atomic mass is 9.88. The van der Waals surface area contributed by atoms with Gasteiger partial charge < -0.3 is 19.2 Å². The highest BCUT2D eigenvalue weighted by molar-refractivity contribution is 6.32. The lowest BCUT2D eigenvalue weighted by Crippen LogP contribution is -2.31. The van der Waals surface area contributed by atoms with E-state index in [-0.39, 0.29) is 45.1 Å². The Morgan fingerprint density at radius 3 is 2.05 bits per heavy atom. The summed E-state index contributed by atoms with van der Waals surface area (Å²) >= 11 is 6.40. The first-order valence-corrected chi connectivity index (χ1v) is 19.2. The number of hydrogen-bond acceptors (Lipinski definition) is 7. The number of anilines is 1. The third-order valence-corrected chi connectivity index (χ3v) is 11.4. The lowest BCUT2D eigenvalue weighted by molar-refractivity contribution is -0.120. The minimum atomic E-state index is -0.358. The maximum atomic E-state index is 13.9. The SMILES string of the molecule is COc1ccc(-n2c(C3CCCCC3)nc3c(c(=O)c4ccccc4n3C)c2=O)cc1Cl.Cn1c(NC(=O)C2CCCCC2)c(C#N)c(=O)c2ccccc21. The normalized spacial score (nSPS) is 15.0. The number of para-hydroxylation sites is 2. The molecule has 1 N–H and O–H groups in total. The second kappa shape index (κ2) is 15.9. The lowest BCUT2D eigenvalue weighted by Gasteiger charge is -2.25. The Kier molecular flexibility index (Phi) is 10.9. The molecule has 55 heavy (non-hydrogen) atoms. The van der Waals surface area contributed by atoms with E-state index in [9.17, 15) is 24.4 Å². The average molecular weight is 759 g/mol. The number of fused-ring (bicyclic) bond motifs is 3. The third kappa shape index (κ3) is 7.03. The molecule has 0 radical (unpaired) electrons. The first-order valence-electron chi connectivity index (χ1n) is 18.9. The van der Waals surface area contributed by atoms with E-state index in [1.807, 2.05) is 41.9 Å². The van der Waals surface area contributed by atoms with E-state index in [0.717, 1.165) is 56.9 Å². The van der Waals surface area contributed by atoms with Gasteiger partial charge in [0.2, 0.25) is 16.8 Å². The van der Waals surface area contributed by atoms with E-state index in [1.54, 1.807) is 65.8 Å². The van der Waals surface area contributed by atoms with Crippen molar-refractivity contribution in [3.63, 3.8) is 0 Å². The Morgan fingerprint density at radius 1 is 0.836 bits per heavy atom. The molecule has 282 valence electrons. The van der Waals surface area contributed by atoms with Crippen LogP contribution in [0.25, 0.3) is 38.5 Å². The van der Waals surface area contributed by atoms with Gasteiger partial charge in [0, 0.05) is 36.7 Å². The fourth-order valence-corrected chi connectivity index (χ4v) is 8.43. The molecule has 0 aliphatic heterocycles. The number of carbonyl (C=O) groups excluding carboxylic acids is 1. The molecule has 6 aromatic rings. The van der Waals surface area contributed by atoms with Gasteiger partial charge in [-0.25, -0.2) is 4.98 Å². The molecule has 11 nitrogen and oxygen atoms in total. The molecule has 0 saturated heterocycles. The molecule has 0 spiro atoms. The average Bonchev–Trinajstić information content (AvgIpc) is 3.22. The van der Waals surface area contributed by atoms with Crippen molar-refractivity contribution in [1.29, 1.82) is 5.26 Å². The van der Waals surface area contributed by atoms with Gasteiger partial charge in [0.05, 0.1) is 28.9 Å². The van der Waals surface area contributed by atoms with Crippen LogP contribution >= 0.6 is 11.6 Å². The number of ether oxygens (including phenoxy) is 1. The predicted molar refractivity (Wildman–Crippen MR) is 217 cm³/mol. The number of halogens is 1. The van der Waals surface area contributed by atoms with E-state index in [4.69, 9.17) is 21.3 Å². The maximum Gasteiger partial charge on any atom is 0.271 e. The van der Waals surface area contributed by atoms with Crippen molar-refractivity contribution < 1.29 is 9.53 Å². The Balaban J connectivity index is 0.000000179. The Labute approximate surface area is 322 Å². The fraction of sp³-hybridized carbons (Fsp3) is 0.349. The number of benzene rings is 3. The van der Waals surface area contributed by atoms with Crippen LogP contribution in [0.5, 0.6) is 5.75 Å². The molecule has 2 saturated carbocycles. The van der Waals surface area contributed by atoms with Crippen LogP contribution in [0.4, 0.5) is 5.82 Å². The van der Waals surface area contributed by atoms with Crippen molar-refractivity contribution >= 4 is 56.2 Å². The summed E-state index contributed by atoms with van der Waals surface area (Å²) in [6.07, 6.45) is 10.3. The van der Waals surface area contributed by atoms with Crippen LogP contribution in [0.15, 0.2) is 81.1 Å². The zero-order valence-corrected chi connectivity index (χ0v) is 32.0. The smallest absolute Gasteiger partial charge is 0.271 e. The van der Waals surface area contributed by atoms with Crippen molar-refractivity contribution in [1.82, 2.24) is 18.7 Å². The van der Waals surface area contributed by atoms with Crippen LogP contribution in [-0.4, -0.2) is 31.7 Å². The summed E-state index contributed by atoms with van der Waals surface area (Å²) in [6, 6.07) is 21.6. The quantitative estimate of drug-likeness (QED) is 0.176. The number of hydrogen-bond donors (Lipinski definition) is 1. The minimum Gasteiger partial charge on any atom is -0.495 e. The molecule has 1 amide bonds. The number of aromatic nitrogens is 4. The standard InChI is InChI=1S/C25H24ClN3O3.C18H19N3O2/c1-28-19-11-7-6-10-17(19)22(30)21-24(28)27-23(15-8-4-3-5-9-15)29(25(21)31)16-12-13-20(32-2)18(26)14-16;1-21-15-10-6-5-9-13(15)16(22)14(11-19)17(21)20-18(23)12-7-3-2-4-8-12/h6-7,10-15H,3-5,8-9H2,1-2H3;5-6,9-10,12H,2-4,7-8H2,1H3,(H,20,23). The minimum absolute atomic E-state index is 0.00430. The predicted octanol–water partition coefficient (Wildman–Crippen LogP) is 7.88. The van der Waals surface area contributed by atoms with Crippen molar-refractivity contribution in [2.75, 3.05) is 12.4 Å². The van der Waals surface area contributed by atoms with Crippen molar-refractivity contribution in [3.05, 3.63) is 114 Å². The van der Waals surface area contributed by atoms with Crippen molar-refractivity contribution in [2.45, 2.75) is 70.1 Å². The van der Waals surface area contributed by atoms with Gasteiger partial charge >= 0.3 is 0 Å². The molecule has 0 unspecified atom stereocenters. The number of nitriles is 1. The van der Waals surface area contributed by atoms with Gasteiger partial charge in [0.1, 0.15) is 34.4 Å². The van der Waals surface area contributed by atoms with E-state index in [1.165, 1.54) is 12.8 Å². The number of carbonyl (C=O) groups is 1. The van der Waals surface area contributed by atoms with Gasteiger partial charge in [0.25, 0.3) is 5.56 Å². The zero-order chi connectivity index (χ0) is 38.8. The monoisotopic (exact) mass is 758 g/mol. The summed E-state index contributed by atoms with van der Waals surface area (Å²) in [5.74, 6) is 1.53. The molecule has 3 heterocycles. The molecule has 2 fully saturated rings. The van der Waals surface area contributed by atoms with Gasteiger partial charge in [-0.15, -0.1) is 0 Å². The molecule has 3 aromatic carbocycles. The highest BCUT2D eigenvalue weighted by Crippen LogP contribution is 2.34. The summed E-state index contributed by atoms with van der Waals surface area (Å²) < 4.78 is 10.4. The highest BCUT2D eigenvalue weighted by Gasteiger charge is 2.27. The van der Waals surface area contributed by atoms with Gasteiger partial charge in [0.15, 0.2) is 5.65 Å². The molecule has 2 aliphatic carbocycles. The zero-order valence-electron chi connectivity index (χ0n) is 31.2. The van der Waals surface area contributed by atoms with Crippen LogP contribution in [-0.2, 0) is 18.9 Å². The summed E-state index contributed by atoms with van der Waals surface area (Å²) in [4.78, 5) is 57.3. The molecule has 0 atom stereocenters. The Morgan fingerprint density at radius 2 is 1.44 bits per heavy atom. The summed E-state index contributed by atoms with van der Waals surface area (Å²) in [5.41, 5.74) is 1.49.